The summed E-state index contributed by atoms with van der Waals surface area (Å²) in [5.74, 6) is 0.624. The summed E-state index contributed by atoms with van der Waals surface area (Å²) in [7, 11) is 1.84. The van der Waals surface area contributed by atoms with Crippen LogP contribution in [-0.4, -0.2) is 34.5 Å². The zero-order chi connectivity index (χ0) is 21.9. The van der Waals surface area contributed by atoms with Gasteiger partial charge in [-0.2, -0.15) is 10.2 Å². The second-order valence-corrected chi connectivity index (χ2v) is 7.35. The van der Waals surface area contributed by atoms with Gasteiger partial charge in [0, 0.05) is 61.6 Å². The maximum Gasteiger partial charge on any atom is 0.203 e. The normalized spacial score (nSPS) is 10.9. The lowest BCUT2D eigenvalue weighted by atomic mass is 10.1. The van der Waals surface area contributed by atoms with Crippen molar-refractivity contribution < 1.29 is 0 Å². The van der Waals surface area contributed by atoms with Gasteiger partial charge in [0.2, 0.25) is 5.43 Å². The van der Waals surface area contributed by atoms with Gasteiger partial charge in [0.1, 0.15) is 11.4 Å². The van der Waals surface area contributed by atoms with Gasteiger partial charge in [-0.1, -0.05) is 18.2 Å². The van der Waals surface area contributed by atoms with Crippen molar-refractivity contribution in [1.29, 1.82) is 0 Å². The SMILES string of the molecule is Cn1cc(-n2ccc(=O)c(Cc3cccc(-c4ncc(-c5ccncc5)cn4)c3)n2)cn1. The van der Waals surface area contributed by atoms with Crippen molar-refractivity contribution in [3.05, 3.63) is 107 Å². The molecule has 32 heavy (non-hydrogen) atoms. The van der Waals surface area contributed by atoms with E-state index in [9.17, 15) is 4.79 Å². The number of nitrogens with zero attached hydrogens (tertiary/aromatic N) is 7. The summed E-state index contributed by atoms with van der Waals surface area (Å²) in [5, 5.41) is 8.67. The number of pyridine rings is 1. The summed E-state index contributed by atoms with van der Waals surface area (Å²) in [4.78, 5) is 25.5. The fourth-order valence-corrected chi connectivity index (χ4v) is 3.42. The van der Waals surface area contributed by atoms with Crippen LogP contribution in [0, 0.1) is 0 Å². The van der Waals surface area contributed by atoms with Crippen LogP contribution < -0.4 is 5.43 Å². The number of aryl methyl sites for hydroxylation is 1. The third-order valence-corrected chi connectivity index (χ3v) is 5.06. The Bertz CT molecular complexity index is 1420. The minimum atomic E-state index is -0.103. The van der Waals surface area contributed by atoms with E-state index in [1.807, 2.05) is 49.6 Å². The fraction of sp³-hybridized carbons (Fsp3) is 0.0833. The van der Waals surface area contributed by atoms with Crippen molar-refractivity contribution in [2.45, 2.75) is 6.42 Å². The monoisotopic (exact) mass is 421 g/mol. The summed E-state index contributed by atoms with van der Waals surface area (Å²) in [6.07, 6.45) is 12.7. The molecule has 0 atom stereocenters. The highest BCUT2D eigenvalue weighted by Crippen LogP contribution is 2.21. The van der Waals surface area contributed by atoms with Crippen molar-refractivity contribution in [3.63, 3.8) is 0 Å². The second-order valence-electron chi connectivity index (χ2n) is 7.35. The molecule has 0 aliphatic rings. The van der Waals surface area contributed by atoms with Crippen LogP contribution in [-0.2, 0) is 13.5 Å². The topological polar surface area (TPSA) is 91.4 Å². The molecule has 8 heteroatoms. The molecule has 0 aliphatic carbocycles. The van der Waals surface area contributed by atoms with E-state index < -0.39 is 0 Å². The molecule has 4 heterocycles. The molecule has 5 aromatic rings. The highest BCUT2D eigenvalue weighted by Gasteiger charge is 2.09. The van der Waals surface area contributed by atoms with Gasteiger partial charge < -0.3 is 0 Å². The van der Waals surface area contributed by atoms with Crippen molar-refractivity contribution >= 4 is 0 Å². The van der Waals surface area contributed by atoms with Gasteiger partial charge in [0.05, 0.1) is 12.4 Å². The standard InChI is InChI=1S/C24H19N7O/c1-30-16-21(15-28-30)31-10-7-23(32)22(29-31)12-17-3-2-4-19(11-17)24-26-13-20(14-27-24)18-5-8-25-9-6-18/h2-11,13-16H,12H2,1H3. The lowest BCUT2D eigenvalue weighted by molar-refractivity contribution is 0.762. The van der Waals surface area contributed by atoms with Crippen LogP contribution in [0.2, 0.25) is 0 Å². The van der Waals surface area contributed by atoms with Crippen LogP contribution in [0.15, 0.2) is 90.6 Å². The van der Waals surface area contributed by atoms with Gasteiger partial charge in [0.25, 0.3) is 0 Å². The smallest absolute Gasteiger partial charge is 0.203 e. The Hall–Kier alpha value is -4.46. The molecule has 0 aliphatic heterocycles. The Kier molecular flexibility index (Phi) is 5.09. The molecule has 8 nitrogen and oxygen atoms in total. The predicted molar refractivity (Wildman–Crippen MR) is 120 cm³/mol. The van der Waals surface area contributed by atoms with E-state index in [1.165, 1.54) is 6.07 Å². The van der Waals surface area contributed by atoms with Crippen molar-refractivity contribution in [2.75, 3.05) is 0 Å². The molecule has 0 radical (unpaired) electrons. The van der Waals surface area contributed by atoms with Crippen LogP contribution in [0.3, 0.4) is 0 Å². The fourth-order valence-electron chi connectivity index (χ4n) is 3.42. The minimum absolute atomic E-state index is 0.103. The molecule has 0 saturated heterocycles. The summed E-state index contributed by atoms with van der Waals surface area (Å²) >= 11 is 0. The van der Waals surface area contributed by atoms with Crippen molar-refractivity contribution in [3.8, 4) is 28.2 Å². The third kappa shape index (κ3) is 4.06. The quantitative estimate of drug-likeness (QED) is 0.433. The molecule has 4 aromatic heterocycles. The van der Waals surface area contributed by atoms with Gasteiger partial charge in [-0.05, 0) is 29.3 Å². The lowest BCUT2D eigenvalue weighted by Crippen LogP contribution is -2.16. The number of aromatic nitrogens is 7. The highest BCUT2D eigenvalue weighted by molar-refractivity contribution is 5.63. The molecular weight excluding hydrogens is 402 g/mol. The van der Waals surface area contributed by atoms with Gasteiger partial charge in [-0.15, -0.1) is 0 Å². The zero-order valence-corrected chi connectivity index (χ0v) is 17.3. The van der Waals surface area contributed by atoms with Crippen LogP contribution in [0.1, 0.15) is 11.3 Å². The van der Waals surface area contributed by atoms with Crippen LogP contribution in [0.5, 0.6) is 0 Å². The van der Waals surface area contributed by atoms with E-state index in [-0.39, 0.29) is 5.43 Å². The molecule has 0 N–H and O–H groups in total. The number of hydrogen-bond acceptors (Lipinski definition) is 6. The highest BCUT2D eigenvalue weighted by atomic mass is 16.1. The average Bonchev–Trinajstić information content (AvgIpc) is 3.28. The Morgan fingerprint density at radius 1 is 0.906 bits per heavy atom. The van der Waals surface area contributed by atoms with Gasteiger partial charge in [0.15, 0.2) is 5.82 Å². The third-order valence-electron chi connectivity index (χ3n) is 5.06. The van der Waals surface area contributed by atoms with Gasteiger partial charge in [-0.25, -0.2) is 14.6 Å². The lowest BCUT2D eigenvalue weighted by Gasteiger charge is -2.07. The molecule has 0 saturated carbocycles. The van der Waals surface area contributed by atoms with E-state index in [2.05, 4.69) is 25.1 Å². The number of benzene rings is 1. The Morgan fingerprint density at radius 3 is 2.47 bits per heavy atom. The Morgan fingerprint density at radius 2 is 1.72 bits per heavy atom. The maximum atomic E-state index is 12.4. The second kappa shape index (κ2) is 8.35. The van der Waals surface area contributed by atoms with Crippen molar-refractivity contribution in [2.24, 2.45) is 7.05 Å². The first-order chi connectivity index (χ1) is 15.7. The minimum Gasteiger partial charge on any atom is -0.288 e. The Labute approximate surface area is 183 Å². The van der Waals surface area contributed by atoms with E-state index in [1.54, 1.807) is 46.5 Å². The van der Waals surface area contributed by atoms with E-state index >= 15 is 0 Å². The van der Waals surface area contributed by atoms with E-state index in [4.69, 9.17) is 0 Å². The van der Waals surface area contributed by atoms with E-state index in [0.29, 0.717) is 17.9 Å². The van der Waals surface area contributed by atoms with Crippen LogP contribution in [0.4, 0.5) is 0 Å². The first-order valence-electron chi connectivity index (χ1n) is 10.1. The van der Waals surface area contributed by atoms with E-state index in [0.717, 1.165) is 27.9 Å². The molecule has 0 amide bonds. The maximum absolute atomic E-state index is 12.4. The first-order valence-corrected chi connectivity index (χ1v) is 10.1. The van der Waals surface area contributed by atoms with Gasteiger partial charge in [-0.3, -0.25) is 14.5 Å². The largest absolute Gasteiger partial charge is 0.288 e. The molecule has 0 unspecified atom stereocenters. The Balaban J connectivity index is 1.41. The summed E-state index contributed by atoms with van der Waals surface area (Å²) in [6.45, 7) is 0. The summed E-state index contributed by atoms with van der Waals surface area (Å²) < 4.78 is 3.35. The number of hydrogen-bond donors (Lipinski definition) is 0. The van der Waals surface area contributed by atoms with Gasteiger partial charge >= 0.3 is 0 Å². The molecule has 156 valence electrons. The molecule has 0 fully saturated rings. The molecule has 1 aromatic carbocycles. The van der Waals surface area contributed by atoms with Crippen LogP contribution in [0.25, 0.3) is 28.2 Å². The first kappa shape index (κ1) is 19.5. The average molecular weight is 421 g/mol. The summed E-state index contributed by atoms with van der Waals surface area (Å²) in [5.41, 5.74) is 4.93. The molecule has 5 rings (SSSR count). The summed E-state index contributed by atoms with van der Waals surface area (Å²) in [6, 6.07) is 13.2. The van der Waals surface area contributed by atoms with Crippen molar-refractivity contribution in [1.82, 2.24) is 34.5 Å². The number of rotatable bonds is 5. The zero-order valence-electron chi connectivity index (χ0n) is 17.3. The van der Waals surface area contributed by atoms with Crippen LogP contribution >= 0.6 is 0 Å². The molecule has 0 bridgehead atoms. The molecular formula is C24H19N7O. The predicted octanol–water partition coefficient (Wildman–Crippen LogP) is 3.08. The molecule has 0 spiro atoms.